The number of alkyl halides is 3. The van der Waals surface area contributed by atoms with Crippen LogP contribution in [0.3, 0.4) is 0 Å². The summed E-state index contributed by atoms with van der Waals surface area (Å²) in [5.74, 6) is -0.621. The molecule has 0 aromatic heterocycles. The lowest BCUT2D eigenvalue weighted by molar-refractivity contribution is -0.137. The number of benzene rings is 2. The Morgan fingerprint density at radius 1 is 1.04 bits per heavy atom. The standard InChI is InChI=1S/C21H19F4NO/c22-20-7-6-16(21(23,24)25)10-19(20)15-8-17-12-27-13-18(9-15)26(17)11-14-4-2-1-3-5-14/h1-8,10,17-18H,9,11-13H2. The molecule has 4 rings (SSSR count). The van der Waals surface area contributed by atoms with Crippen LogP contribution < -0.4 is 0 Å². The minimum Gasteiger partial charge on any atom is -0.378 e. The first kappa shape index (κ1) is 18.2. The summed E-state index contributed by atoms with van der Waals surface area (Å²) >= 11 is 0. The Kier molecular flexibility index (Phi) is 4.78. The Morgan fingerprint density at radius 2 is 1.81 bits per heavy atom. The van der Waals surface area contributed by atoms with Gasteiger partial charge in [-0.1, -0.05) is 36.4 Å². The van der Waals surface area contributed by atoms with E-state index in [0.717, 1.165) is 30.3 Å². The predicted molar refractivity (Wildman–Crippen MR) is 94.4 cm³/mol. The normalized spacial score (nSPS) is 23.2. The Labute approximate surface area is 155 Å². The van der Waals surface area contributed by atoms with E-state index in [2.05, 4.69) is 4.90 Å². The van der Waals surface area contributed by atoms with Crippen molar-refractivity contribution in [3.8, 4) is 0 Å². The van der Waals surface area contributed by atoms with Crippen molar-refractivity contribution in [2.45, 2.75) is 31.2 Å². The lowest BCUT2D eigenvalue weighted by Crippen LogP contribution is -2.53. The predicted octanol–water partition coefficient (Wildman–Crippen LogP) is 4.90. The second-order valence-corrected chi connectivity index (χ2v) is 7.00. The third-order valence-electron chi connectivity index (χ3n) is 5.19. The molecule has 2 aliphatic heterocycles. The van der Waals surface area contributed by atoms with E-state index in [1.807, 2.05) is 36.4 Å². The van der Waals surface area contributed by atoms with E-state index in [1.165, 1.54) is 0 Å². The van der Waals surface area contributed by atoms with E-state index in [0.29, 0.717) is 25.2 Å². The Bertz CT molecular complexity index is 847. The van der Waals surface area contributed by atoms with Crippen molar-refractivity contribution < 1.29 is 22.3 Å². The fourth-order valence-electron chi connectivity index (χ4n) is 3.85. The topological polar surface area (TPSA) is 12.5 Å². The summed E-state index contributed by atoms with van der Waals surface area (Å²) in [6, 6.07) is 12.5. The molecule has 0 saturated carbocycles. The van der Waals surface area contributed by atoms with Gasteiger partial charge in [-0.05, 0) is 35.8 Å². The molecule has 0 aliphatic carbocycles. The van der Waals surface area contributed by atoms with Gasteiger partial charge >= 0.3 is 6.18 Å². The molecule has 2 nitrogen and oxygen atoms in total. The molecule has 2 aliphatic rings. The van der Waals surface area contributed by atoms with E-state index in [9.17, 15) is 17.6 Å². The lowest BCUT2D eigenvalue weighted by Gasteiger charge is -2.45. The van der Waals surface area contributed by atoms with Crippen molar-refractivity contribution in [1.29, 1.82) is 0 Å². The molecule has 2 aromatic rings. The van der Waals surface area contributed by atoms with Gasteiger partial charge in [0, 0.05) is 18.2 Å². The highest BCUT2D eigenvalue weighted by molar-refractivity contribution is 5.69. The number of hydrogen-bond acceptors (Lipinski definition) is 2. The van der Waals surface area contributed by atoms with Crippen molar-refractivity contribution >= 4 is 5.57 Å². The van der Waals surface area contributed by atoms with E-state index in [4.69, 9.17) is 4.74 Å². The van der Waals surface area contributed by atoms with Crippen LogP contribution in [-0.2, 0) is 17.5 Å². The van der Waals surface area contributed by atoms with Crippen LogP contribution >= 0.6 is 0 Å². The molecule has 0 amide bonds. The molecule has 2 heterocycles. The van der Waals surface area contributed by atoms with Crippen LogP contribution in [0.1, 0.15) is 23.1 Å². The Hall–Kier alpha value is -2.18. The van der Waals surface area contributed by atoms with Crippen LogP contribution in [0.15, 0.2) is 54.6 Å². The number of halogens is 4. The van der Waals surface area contributed by atoms with E-state index in [1.54, 1.807) is 0 Å². The summed E-state index contributed by atoms with van der Waals surface area (Å²) in [5.41, 5.74) is 1.01. The molecular formula is C21H19F4NO. The van der Waals surface area contributed by atoms with Crippen LogP contribution in [0.4, 0.5) is 17.6 Å². The van der Waals surface area contributed by atoms with Gasteiger partial charge in [-0.2, -0.15) is 13.2 Å². The SMILES string of the molecule is Fc1ccc(C(F)(F)F)cc1C1=CC2COCC(C1)N2Cc1ccccc1. The summed E-state index contributed by atoms with van der Waals surface area (Å²) in [6.07, 6.45) is -2.17. The van der Waals surface area contributed by atoms with E-state index in [-0.39, 0.29) is 17.6 Å². The molecule has 2 bridgehead atoms. The van der Waals surface area contributed by atoms with E-state index >= 15 is 0 Å². The first-order chi connectivity index (χ1) is 12.9. The third-order valence-corrected chi connectivity index (χ3v) is 5.19. The number of ether oxygens (including phenoxy) is 1. The molecule has 2 unspecified atom stereocenters. The second-order valence-electron chi connectivity index (χ2n) is 7.00. The average molecular weight is 377 g/mol. The minimum absolute atomic E-state index is 0.0119. The molecule has 0 spiro atoms. The van der Waals surface area contributed by atoms with Gasteiger partial charge in [-0.3, -0.25) is 4.90 Å². The van der Waals surface area contributed by atoms with Crippen LogP contribution in [0.2, 0.25) is 0 Å². The van der Waals surface area contributed by atoms with Crippen molar-refractivity contribution in [3.63, 3.8) is 0 Å². The van der Waals surface area contributed by atoms with Crippen LogP contribution in [0.25, 0.3) is 5.57 Å². The average Bonchev–Trinajstić information content (AvgIpc) is 2.62. The quantitative estimate of drug-likeness (QED) is 0.706. The third kappa shape index (κ3) is 3.77. The van der Waals surface area contributed by atoms with Crippen molar-refractivity contribution in [1.82, 2.24) is 4.90 Å². The number of morpholine rings is 1. The fourth-order valence-corrected chi connectivity index (χ4v) is 3.85. The Balaban J connectivity index is 1.65. The van der Waals surface area contributed by atoms with Crippen LogP contribution in [0.5, 0.6) is 0 Å². The van der Waals surface area contributed by atoms with Crippen molar-refractivity contribution in [3.05, 3.63) is 77.1 Å². The van der Waals surface area contributed by atoms with Gasteiger partial charge < -0.3 is 4.74 Å². The summed E-state index contributed by atoms with van der Waals surface area (Å²) in [7, 11) is 0. The summed E-state index contributed by atoms with van der Waals surface area (Å²) in [4.78, 5) is 2.29. The zero-order valence-corrected chi connectivity index (χ0v) is 14.5. The summed E-state index contributed by atoms with van der Waals surface area (Å²) < 4.78 is 59.0. The molecule has 0 N–H and O–H groups in total. The molecule has 1 fully saturated rings. The maximum absolute atomic E-state index is 14.3. The molecule has 2 atom stereocenters. The van der Waals surface area contributed by atoms with Gasteiger partial charge in [0.15, 0.2) is 0 Å². The van der Waals surface area contributed by atoms with Crippen molar-refractivity contribution in [2.24, 2.45) is 0 Å². The zero-order chi connectivity index (χ0) is 19.0. The molecular weight excluding hydrogens is 358 g/mol. The van der Waals surface area contributed by atoms with Gasteiger partial charge in [0.1, 0.15) is 5.82 Å². The maximum atomic E-state index is 14.3. The van der Waals surface area contributed by atoms with Gasteiger partial charge in [0.05, 0.1) is 24.8 Å². The first-order valence-corrected chi connectivity index (χ1v) is 8.87. The maximum Gasteiger partial charge on any atom is 0.416 e. The number of hydrogen-bond donors (Lipinski definition) is 0. The monoisotopic (exact) mass is 377 g/mol. The van der Waals surface area contributed by atoms with Crippen LogP contribution in [-0.4, -0.2) is 30.2 Å². The Morgan fingerprint density at radius 3 is 2.52 bits per heavy atom. The largest absolute Gasteiger partial charge is 0.416 e. The molecule has 142 valence electrons. The van der Waals surface area contributed by atoms with Gasteiger partial charge in [0.25, 0.3) is 0 Å². The highest BCUT2D eigenvalue weighted by Crippen LogP contribution is 2.37. The second kappa shape index (κ2) is 7.09. The molecule has 27 heavy (non-hydrogen) atoms. The van der Waals surface area contributed by atoms with Gasteiger partial charge in [0.2, 0.25) is 0 Å². The summed E-state index contributed by atoms with van der Waals surface area (Å²) in [6.45, 7) is 1.67. The smallest absolute Gasteiger partial charge is 0.378 e. The zero-order valence-electron chi connectivity index (χ0n) is 14.5. The number of fused-ring (bicyclic) bond motifs is 2. The molecule has 6 heteroatoms. The highest BCUT2D eigenvalue weighted by atomic mass is 19.4. The molecule has 2 aromatic carbocycles. The first-order valence-electron chi connectivity index (χ1n) is 8.87. The minimum atomic E-state index is -4.49. The lowest BCUT2D eigenvalue weighted by atomic mass is 9.88. The number of nitrogens with zero attached hydrogens (tertiary/aromatic N) is 1. The number of rotatable bonds is 3. The van der Waals surface area contributed by atoms with Crippen molar-refractivity contribution in [2.75, 3.05) is 13.2 Å². The van der Waals surface area contributed by atoms with E-state index < -0.39 is 17.6 Å². The molecule has 0 radical (unpaired) electrons. The van der Waals surface area contributed by atoms with Gasteiger partial charge in [-0.25, -0.2) is 4.39 Å². The summed E-state index contributed by atoms with van der Waals surface area (Å²) in [5, 5.41) is 0. The molecule has 1 saturated heterocycles. The van der Waals surface area contributed by atoms with Gasteiger partial charge in [-0.15, -0.1) is 0 Å². The highest BCUT2D eigenvalue weighted by Gasteiger charge is 2.36. The fraction of sp³-hybridized carbons (Fsp3) is 0.333. The van der Waals surface area contributed by atoms with Crippen LogP contribution in [0, 0.1) is 5.82 Å².